The van der Waals surface area contributed by atoms with Crippen LogP contribution in [0.2, 0.25) is 0 Å². The van der Waals surface area contributed by atoms with Crippen molar-refractivity contribution in [1.82, 2.24) is 0 Å². The molecule has 0 aliphatic heterocycles. The van der Waals surface area contributed by atoms with E-state index in [9.17, 15) is 5.11 Å². The van der Waals surface area contributed by atoms with Crippen molar-refractivity contribution in [2.75, 3.05) is 7.11 Å². The second kappa shape index (κ2) is 3.55. The van der Waals surface area contributed by atoms with Crippen molar-refractivity contribution in [2.45, 2.75) is 38.9 Å². The summed E-state index contributed by atoms with van der Waals surface area (Å²) in [6.07, 6.45) is 2.14. The van der Waals surface area contributed by atoms with Gasteiger partial charge in [-0.1, -0.05) is 13.8 Å². The average Bonchev–Trinajstić information content (AvgIpc) is 2.68. The first kappa shape index (κ1) is 9.01. The molecule has 2 heteroatoms. The highest BCUT2D eigenvalue weighted by Crippen LogP contribution is 2.35. The van der Waals surface area contributed by atoms with Gasteiger partial charge < -0.3 is 9.84 Å². The van der Waals surface area contributed by atoms with Crippen LogP contribution in [-0.2, 0) is 4.74 Å². The first-order valence-corrected chi connectivity index (χ1v) is 4.37. The third-order valence-corrected chi connectivity index (χ3v) is 2.37. The SMILES string of the molecule is COC(C(C)C)C(O)C1CC1. The molecule has 2 unspecified atom stereocenters. The monoisotopic (exact) mass is 158 g/mol. The Hall–Kier alpha value is -0.0800. The highest BCUT2D eigenvalue weighted by Gasteiger charge is 2.36. The Labute approximate surface area is 68.6 Å². The fraction of sp³-hybridized carbons (Fsp3) is 1.00. The molecular weight excluding hydrogens is 140 g/mol. The highest BCUT2D eigenvalue weighted by atomic mass is 16.5. The van der Waals surface area contributed by atoms with E-state index in [0.717, 1.165) is 0 Å². The Morgan fingerprint density at radius 3 is 2.18 bits per heavy atom. The minimum absolute atomic E-state index is 0.0301. The van der Waals surface area contributed by atoms with E-state index in [4.69, 9.17) is 4.74 Å². The predicted octanol–water partition coefficient (Wildman–Crippen LogP) is 1.43. The van der Waals surface area contributed by atoms with Crippen LogP contribution in [0, 0.1) is 11.8 Å². The molecule has 1 N–H and O–H groups in total. The summed E-state index contributed by atoms with van der Waals surface area (Å²) >= 11 is 0. The lowest BCUT2D eigenvalue weighted by molar-refractivity contribution is -0.0470. The van der Waals surface area contributed by atoms with Gasteiger partial charge in [-0.3, -0.25) is 0 Å². The minimum Gasteiger partial charge on any atom is -0.390 e. The number of rotatable bonds is 4. The number of aliphatic hydroxyl groups is 1. The van der Waals surface area contributed by atoms with Crippen LogP contribution in [0.3, 0.4) is 0 Å². The minimum atomic E-state index is -0.236. The fourth-order valence-electron chi connectivity index (χ4n) is 1.51. The van der Waals surface area contributed by atoms with Crippen molar-refractivity contribution >= 4 is 0 Å². The largest absolute Gasteiger partial charge is 0.390 e. The summed E-state index contributed by atoms with van der Waals surface area (Å²) in [5.74, 6) is 0.929. The molecule has 66 valence electrons. The Balaban J connectivity index is 2.38. The molecule has 1 saturated carbocycles. The zero-order valence-corrected chi connectivity index (χ0v) is 7.58. The summed E-state index contributed by atoms with van der Waals surface area (Å²) in [4.78, 5) is 0. The molecule has 0 radical (unpaired) electrons. The molecule has 11 heavy (non-hydrogen) atoms. The van der Waals surface area contributed by atoms with Crippen LogP contribution in [0.4, 0.5) is 0 Å². The van der Waals surface area contributed by atoms with Crippen LogP contribution in [0.15, 0.2) is 0 Å². The number of hydrogen-bond acceptors (Lipinski definition) is 2. The topological polar surface area (TPSA) is 29.5 Å². The molecule has 0 amide bonds. The van der Waals surface area contributed by atoms with E-state index in [0.29, 0.717) is 11.8 Å². The van der Waals surface area contributed by atoms with Crippen molar-refractivity contribution in [3.63, 3.8) is 0 Å². The van der Waals surface area contributed by atoms with Gasteiger partial charge in [0.2, 0.25) is 0 Å². The van der Waals surface area contributed by atoms with Gasteiger partial charge in [0.1, 0.15) is 0 Å². The molecule has 0 spiro atoms. The Morgan fingerprint density at radius 2 is 1.91 bits per heavy atom. The normalized spacial score (nSPS) is 23.7. The third kappa shape index (κ3) is 2.17. The predicted molar refractivity (Wildman–Crippen MR) is 44.4 cm³/mol. The Bertz CT molecular complexity index is 119. The zero-order valence-electron chi connectivity index (χ0n) is 7.58. The molecule has 0 heterocycles. The molecule has 1 aliphatic carbocycles. The van der Waals surface area contributed by atoms with E-state index in [-0.39, 0.29) is 12.2 Å². The average molecular weight is 158 g/mol. The Kier molecular flexibility index (Phi) is 2.90. The van der Waals surface area contributed by atoms with Gasteiger partial charge in [0.05, 0.1) is 12.2 Å². The van der Waals surface area contributed by atoms with Crippen LogP contribution < -0.4 is 0 Å². The van der Waals surface area contributed by atoms with E-state index in [1.807, 2.05) is 0 Å². The summed E-state index contributed by atoms with van der Waals surface area (Å²) < 4.78 is 5.22. The van der Waals surface area contributed by atoms with Crippen LogP contribution in [-0.4, -0.2) is 24.4 Å². The lowest BCUT2D eigenvalue weighted by Crippen LogP contribution is -2.34. The summed E-state index contributed by atoms with van der Waals surface area (Å²) in [6, 6.07) is 0. The van der Waals surface area contributed by atoms with Gasteiger partial charge in [0, 0.05) is 7.11 Å². The summed E-state index contributed by atoms with van der Waals surface area (Å²) in [5, 5.41) is 9.69. The fourth-order valence-corrected chi connectivity index (χ4v) is 1.51. The zero-order chi connectivity index (χ0) is 8.43. The van der Waals surface area contributed by atoms with Gasteiger partial charge in [0.15, 0.2) is 0 Å². The second-order valence-corrected chi connectivity index (χ2v) is 3.77. The van der Waals surface area contributed by atoms with E-state index >= 15 is 0 Å². The van der Waals surface area contributed by atoms with E-state index < -0.39 is 0 Å². The third-order valence-electron chi connectivity index (χ3n) is 2.37. The van der Waals surface area contributed by atoms with Crippen LogP contribution in [0.5, 0.6) is 0 Å². The smallest absolute Gasteiger partial charge is 0.0855 e. The standard InChI is InChI=1S/C9H18O2/c1-6(2)9(11-3)8(10)7-4-5-7/h6-10H,4-5H2,1-3H3. The molecule has 1 rings (SSSR count). The van der Waals surface area contributed by atoms with Crippen molar-refractivity contribution in [3.05, 3.63) is 0 Å². The lowest BCUT2D eigenvalue weighted by atomic mass is 9.98. The molecule has 2 nitrogen and oxygen atoms in total. The van der Waals surface area contributed by atoms with Crippen LogP contribution in [0.1, 0.15) is 26.7 Å². The molecule has 0 aromatic rings. The maximum atomic E-state index is 9.69. The molecule has 0 saturated heterocycles. The van der Waals surface area contributed by atoms with E-state index in [1.54, 1.807) is 7.11 Å². The molecule has 0 bridgehead atoms. The maximum absolute atomic E-state index is 9.69. The number of hydrogen-bond donors (Lipinski definition) is 1. The quantitative estimate of drug-likeness (QED) is 0.670. The van der Waals surface area contributed by atoms with Gasteiger partial charge in [-0.2, -0.15) is 0 Å². The van der Waals surface area contributed by atoms with Crippen molar-refractivity contribution in [2.24, 2.45) is 11.8 Å². The second-order valence-electron chi connectivity index (χ2n) is 3.77. The molecular formula is C9H18O2. The molecule has 1 fully saturated rings. The number of aliphatic hydroxyl groups excluding tert-OH is 1. The first-order valence-electron chi connectivity index (χ1n) is 4.37. The van der Waals surface area contributed by atoms with Crippen LogP contribution in [0.25, 0.3) is 0 Å². The molecule has 1 aliphatic rings. The van der Waals surface area contributed by atoms with Gasteiger partial charge in [-0.25, -0.2) is 0 Å². The van der Waals surface area contributed by atoms with Gasteiger partial charge in [-0.15, -0.1) is 0 Å². The van der Waals surface area contributed by atoms with E-state index in [2.05, 4.69) is 13.8 Å². The Morgan fingerprint density at radius 1 is 1.36 bits per heavy atom. The van der Waals surface area contributed by atoms with Gasteiger partial charge in [0.25, 0.3) is 0 Å². The van der Waals surface area contributed by atoms with Crippen molar-refractivity contribution in [1.29, 1.82) is 0 Å². The summed E-state index contributed by atoms with van der Waals surface area (Å²) in [6.45, 7) is 4.17. The number of methoxy groups -OCH3 is 1. The highest BCUT2D eigenvalue weighted by molar-refractivity contribution is 4.87. The molecule has 2 atom stereocenters. The van der Waals surface area contributed by atoms with Gasteiger partial charge in [-0.05, 0) is 24.7 Å². The van der Waals surface area contributed by atoms with E-state index in [1.165, 1.54) is 12.8 Å². The summed E-state index contributed by atoms with van der Waals surface area (Å²) in [7, 11) is 1.68. The van der Waals surface area contributed by atoms with Crippen LogP contribution >= 0.6 is 0 Å². The van der Waals surface area contributed by atoms with Crippen molar-refractivity contribution in [3.8, 4) is 0 Å². The maximum Gasteiger partial charge on any atom is 0.0855 e. The first-order chi connectivity index (χ1) is 5.16. The number of ether oxygens (including phenoxy) is 1. The van der Waals surface area contributed by atoms with Crippen molar-refractivity contribution < 1.29 is 9.84 Å². The summed E-state index contributed by atoms with van der Waals surface area (Å²) in [5.41, 5.74) is 0. The lowest BCUT2D eigenvalue weighted by Gasteiger charge is -2.24. The molecule has 0 aromatic carbocycles. The van der Waals surface area contributed by atoms with Gasteiger partial charge >= 0.3 is 0 Å². The molecule has 0 aromatic heterocycles.